The van der Waals surface area contributed by atoms with E-state index in [0.29, 0.717) is 0 Å². The quantitative estimate of drug-likeness (QED) is 0.156. The minimum atomic E-state index is 0. The first-order chi connectivity index (χ1) is 23.7. The average Bonchev–Trinajstić information content (AvgIpc) is 3.66. The van der Waals surface area contributed by atoms with Crippen LogP contribution in [0.1, 0.15) is 0 Å². The molecule has 6 aromatic carbocycles. The standard InChI is InChI=1S/C43H30N4S.Pt/c1-45-29-46(41-21-10-9-20-40(41)45)32-14-11-15-33(27-32)48-34-22-23-38-37-18-7-8-19-39(37)47(42(38)28-34)43-26-31(24-25-44-43)36-17-6-5-16-35(36)30-12-3-2-4-13-30;/h2-26H,29H2,1H3;/q-2;+2. The van der Waals surface area contributed by atoms with Crippen LogP contribution < -0.4 is 9.80 Å². The predicted molar refractivity (Wildman–Crippen MR) is 200 cm³/mol. The molecule has 238 valence electrons. The molecular formula is C43H30N4PtS. The maximum Gasteiger partial charge on any atom is 2.00 e. The Morgan fingerprint density at radius 2 is 1.33 bits per heavy atom. The molecule has 0 unspecified atom stereocenters. The van der Waals surface area contributed by atoms with Gasteiger partial charge in [-0.3, -0.25) is 0 Å². The minimum Gasteiger partial charge on any atom is -0.355 e. The molecule has 0 radical (unpaired) electrons. The van der Waals surface area contributed by atoms with E-state index in [-0.39, 0.29) is 21.1 Å². The van der Waals surface area contributed by atoms with E-state index < -0.39 is 0 Å². The molecule has 0 N–H and O–H groups in total. The summed E-state index contributed by atoms with van der Waals surface area (Å²) < 4.78 is 2.25. The molecule has 0 bridgehead atoms. The van der Waals surface area contributed by atoms with E-state index in [1.165, 1.54) is 33.5 Å². The third-order valence-corrected chi connectivity index (χ3v) is 9.97. The van der Waals surface area contributed by atoms with Crippen LogP contribution >= 0.6 is 11.8 Å². The number of hydrogen-bond donors (Lipinski definition) is 0. The molecule has 49 heavy (non-hydrogen) atoms. The summed E-state index contributed by atoms with van der Waals surface area (Å²) in [5, 5.41) is 2.34. The van der Waals surface area contributed by atoms with Crippen LogP contribution in [0.2, 0.25) is 0 Å². The van der Waals surface area contributed by atoms with Crippen molar-refractivity contribution in [1.82, 2.24) is 9.55 Å². The van der Waals surface area contributed by atoms with Crippen molar-refractivity contribution in [3.8, 4) is 28.1 Å². The first-order valence-electron chi connectivity index (χ1n) is 16.1. The molecule has 4 nitrogen and oxygen atoms in total. The molecule has 2 aromatic heterocycles. The SMILES string of the molecule is CN1CN(c2[c-]c(Sc3[c-]c4c(cc3)c3ccccc3n4-c3cc(-c4ccccc4-c4ccccc4)ccn3)ccc2)c2ccccc21.[Pt+2]. The Bertz CT molecular complexity index is 2460. The van der Waals surface area contributed by atoms with Crippen molar-refractivity contribution >= 4 is 50.6 Å². The van der Waals surface area contributed by atoms with E-state index >= 15 is 0 Å². The van der Waals surface area contributed by atoms with E-state index in [9.17, 15) is 0 Å². The smallest absolute Gasteiger partial charge is 0.355 e. The summed E-state index contributed by atoms with van der Waals surface area (Å²) >= 11 is 1.69. The van der Waals surface area contributed by atoms with Gasteiger partial charge in [-0.1, -0.05) is 96.1 Å². The molecule has 3 heterocycles. The molecule has 0 atom stereocenters. The van der Waals surface area contributed by atoms with E-state index in [0.717, 1.165) is 49.9 Å². The summed E-state index contributed by atoms with van der Waals surface area (Å²) in [7, 11) is 2.13. The van der Waals surface area contributed by atoms with Gasteiger partial charge in [0.25, 0.3) is 0 Å². The number of rotatable bonds is 6. The van der Waals surface area contributed by atoms with Crippen LogP contribution in [0.3, 0.4) is 0 Å². The number of pyridine rings is 1. The van der Waals surface area contributed by atoms with Crippen LogP contribution in [0.25, 0.3) is 49.9 Å². The number of benzene rings is 6. The van der Waals surface area contributed by atoms with Crippen LogP contribution in [-0.4, -0.2) is 23.3 Å². The van der Waals surface area contributed by atoms with Crippen molar-refractivity contribution in [1.29, 1.82) is 0 Å². The molecule has 6 heteroatoms. The summed E-state index contributed by atoms with van der Waals surface area (Å²) in [5.41, 5.74) is 10.3. The molecule has 0 spiro atoms. The van der Waals surface area contributed by atoms with Gasteiger partial charge in [-0.25, -0.2) is 4.98 Å². The third kappa shape index (κ3) is 5.63. The fraction of sp³-hybridized carbons (Fsp3) is 0.0465. The summed E-state index contributed by atoms with van der Waals surface area (Å²) in [5.74, 6) is 0.866. The van der Waals surface area contributed by atoms with Crippen LogP contribution in [0, 0.1) is 12.1 Å². The monoisotopic (exact) mass is 829 g/mol. The summed E-state index contributed by atoms with van der Waals surface area (Å²) in [6.45, 7) is 0.796. The van der Waals surface area contributed by atoms with Gasteiger partial charge >= 0.3 is 21.1 Å². The molecule has 9 rings (SSSR count). The average molecular weight is 830 g/mol. The Kier molecular flexibility index (Phi) is 8.33. The molecular weight excluding hydrogens is 800 g/mol. The zero-order valence-electron chi connectivity index (χ0n) is 26.7. The Hall–Kier alpha value is -5.09. The summed E-state index contributed by atoms with van der Waals surface area (Å²) in [6.07, 6.45) is 1.92. The molecule has 0 aliphatic carbocycles. The maximum absolute atomic E-state index is 4.92. The van der Waals surface area contributed by atoms with Crippen LogP contribution in [0.4, 0.5) is 17.1 Å². The van der Waals surface area contributed by atoms with Gasteiger partial charge in [0.05, 0.1) is 18.0 Å². The second-order valence-corrected chi connectivity index (χ2v) is 13.1. The fourth-order valence-electron chi connectivity index (χ4n) is 6.84. The van der Waals surface area contributed by atoms with E-state index in [2.05, 4.69) is 179 Å². The zero-order chi connectivity index (χ0) is 32.0. The Morgan fingerprint density at radius 1 is 0.612 bits per heavy atom. The molecule has 8 aromatic rings. The number of aromatic nitrogens is 2. The number of anilines is 3. The predicted octanol–water partition coefficient (Wildman–Crippen LogP) is 10.8. The van der Waals surface area contributed by atoms with Gasteiger partial charge in [0.15, 0.2) is 0 Å². The van der Waals surface area contributed by atoms with Gasteiger partial charge in [0.1, 0.15) is 5.82 Å². The number of fused-ring (bicyclic) bond motifs is 4. The van der Waals surface area contributed by atoms with E-state index in [4.69, 9.17) is 4.98 Å². The van der Waals surface area contributed by atoms with Gasteiger partial charge in [0, 0.05) is 18.8 Å². The number of nitrogens with zero attached hydrogens (tertiary/aromatic N) is 4. The van der Waals surface area contributed by atoms with Gasteiger partial charge in [0.2, 0.25) is 0 Å². The summed E-state index contributed by atoms with van der Waals surface area (Å²) in [6, 6.07) is 58.8. The second-order valence-electron chi connectivity index (χ2n) is 12.0. The zero-order valence-corrected chi connectivity index (χ0v) is 29.7. The molecule has 0 saturated heterocycles. The number of hydrogen-bond acceptors (Lipinski definition) is 4. The third-order valence-electron chi connectivity index (χ3n) is 9.06. The summed E-state index contributed by atoms with van der Waals surface area (Å²) in [4.78, 5) is 11.6. The molecule has 0 saturated carbocycles. The Labute approximate surface area is 304 Å². The molecule has 0 amide bonds. The molecule has 1 aliphatic rings. The van der Waals surface area contributed by atoms with Crippen molar-refractivity contribution in [2.75, 3.05) is 23.5 Å². The van der Waals surface area contributed by atoms with E-state index in [1.54, 1.807) is 11.8 Å². The van der Waals surface area contributed by atoms with Crippen molar-refractivity contribution in [3.63, 3.8) is 0 Å². The van der Waals surface area contributed by atoms with Gasteiger partial charge in [-0.05, 0) is 58.0 Å². The van der Waals surface area contributed by atoms with Gasteiger partial charge < -0.3 is 14.4 Å². The maximum atomic E-state index is 4.92. The van der Waals surface area contributed by atoms with Crippen molar-refractivity contribution in [2.24, 2.45) is 0 Å². The number of para-hydroxylation sites is 3. The molecule has 1 aliphatic heterocycles. The Morgan fingerprint density at radius 3 is 2.18 bits per heavy atom. The first-order valence-corrected chi connectivity index (χ1v) is 16.9. The normalized spacial score (nSPS) is 12.3. The Balaban J connectivity index is 0.00000348. The first kappa shape index (κ1) is 31.2. The fourth-order valence-corrected chi connectivity index (χ4v) is 7.66. The minimum absolute atomic E-state index is 0. The van der Waals surface area contributed by atoms with E-state index in [1.807, 2.05) is 6.20 Å². The van der Waals surface area contributed by atoms with Crippen molar-refractivity contribution in [2.45, 2.75) is 9.79 Å². The molecule has 0 fully saturated rings. The van der Waals surface area contributed by atoms with Crippen LogP contribution in [0.5, 0.6) is 0 Å². The van der Waals surface area contributed by atoms with Gasteiger partial charge in [-0.2, -0.15) is 24.3 Å². The second kappa shape index (κ2) is 13.1. The topological polar surface area (TPSA) is 24.3 Å². The largest absolute Gasteiger partial charge is 2.00 e. The van der Waals surface area contributed by atoms with Crippen molar-refractivity contribution < 1.29 is 21.1 Å². The van der Waals surface area contributed by atoms with Crippen LogP contribution in [-0.2, 0) is 21.1 Å². The van der Waals surface area contributed by atoms with Gasteiger partial charge in [-0.15, -0.1) is 45.1 Å². The van der Waals surface area contributed by atoms with Crippen LogP contribution in [0.15, 0.2) is 162 Å². The van der Waals surface area contributed by atoms with Crippen molar-refractivity contribution in [3.05, 3.63) is 164 Å².